The summed E-state index contributed by atoms with van der Waals surface area (Å²) >= 11 is 0. The number of ether oxygens (including phenoxy) is 3. The van der Waals surface area contributed by atoms with Crippen LogP contribution < -0.4 is 16.0 Å². The number of nitrogens with one attached hydrogen (secondary N) is 1. The highest BCUT2D eigenvalue weighted by atomic mass is 16.5. The minimum atomic E-state index is -0.573. The molecule has 1 heterocycles. The molecule has 142 valence electrons. The summed E-state index contributed by atoms with van der Waals surface area (Å²) in [4.78, 5) is 27.0. The first-order valence-electron chi connectivity index (χ1n) is 8.53. The Morgan fingerprint density at radius 3 is 2.31 bits per heavy atom. The van der Waals surface area contributed by atoms with Gasteiger partial charge in [0.25, 0.3) is 5.56 Å². The number of aromatic amines is 1. The zero-order chi connectivity index (χ0) is 19.3. The molecule has 1 aromatic carbocycles. The molecule has 0 aliphatic rings. The lowest BCUT2D eigenvalue weighted by Crippen LogP contribution is -2.34. The fraction of sp³-hybridized carbons (Fsp3) is 0.474. The van der Waals surface area contributed by atoms with Gasteiger partial charge >= 0.3 is 5.69 Å². The van der Waals surface area contributed by atoms with Crippen molar-refractivity contribution in [2.24, 2.45) is 0 Å². The van der Waals surface area contributed by atoms with Gasteiger partial charge in [0.05, 0.1) is 18.8 Å². The Morgan fingerprint density at radius 1 is 1.08 bits per heavy atom. The number of aromatic nitrogens is 2. The van der Waals surface area contributed by atoms with Crippen molar-refractivity contribution < 1.29 is 14.2 Å². The van der Waals surface area contributed by atoms with E-state index in [2.05, 4.69) is 4.98 Å². The maximum atomic E-state index is 12.3. The van der Waals surface area contributed by atoms with Crippen molar-refractivity contribution in [3.63, 3.8) is 0 Å². The minimum Gasteiger partial charge on any atom is -0.440 e. The number of benzene rings is 1. The van der Waals surface area contributed by atoms with E-state index in [4.69, 9.17) is 14.2 Å². The number of hydrogen-bond acceptors (Lipinski definition) is 5. The van der Waals surface area contributed by atoms with Crippen molar-refractivity contribution in [2.75, 3.05) is 20.3 Å². The summed E-state index contributed by atoms with van der Waals surface area (Å²) in [6.45, 7) is 8.35. The second-order valence-electron chi connectivity index (χ2n) is 6.52. The van der Waals surface area contributed by atoms with Crippen LogP contribution in [0.3, 0.4) is 0 Å². The van der Waals surface area contributed by atoms with Gasteiger partial charge < -0.3 is 14.2 Å². The maximum Gasteiger partial charge on any atom is 0.333 e. The lowest BCUT2D eigenvalue weighted by Gasteiger charge is -2.18. The van der Waals surface area contributed by atoms with Crippen molar-refractivity contribution in [1.82, 2.24) is 9.55 Å². The molecular formula is C19H26N2O5. The molecule has 0 aliphatic carbocycles. The van der Waals surface area contributed by atoms with Crippen LogP contribution in [0.15, 0.2) is 27.8 Å². The van der Waals surface area contributed by atoms with Crippen LogP contribution in [0.2, 0.25) is 0 Å². The predicted octanol–water partition coefficient (Wildman–Crippen LogP) is 2.69. The van der Waals surface area contributed by atoms with Gasteiger partial charge in [-0.25, -0.2) is 9.36 Å². The Balaban J connectivity index is 2.51. The van der Waals surface area contributed by atoms with Crippen molar-refractivity contribution in [1.29, 1.82) is 0 Å². The molecule has 0 atom stereocenters. The highest BCUT2D eigenvalue weighted by Gasteiger charge is 2.20. The number of rotatable bonds is 8. The first-order chi connectivity index (χ1) is 12.3. The lowest BCUT2D eigenvalue weighted by molar-refractivity contribution is 0.0291. The quantitative estimate of drug-likeness (QED) is 0.730. The fourth-order valence-corrected chi connectivity index (χ4v) is 2.70. The Morgan fingerprint density at radius 2 is 1.73 bits per heavy atom. The Bertz CT molecular complexity index is 847. The molecule has 0 saturated carbocycles. The maximum absolute atomic E-state index is 12.3. The third-order valence-electron chi connectivity index (χ3n) is 3.83. The summed E-state index contributed by atoms with van der Waals surface area (Å²) in [7, 11) is 1.57. The fourth-order valence-electron chi connectivity index (χ4n) is 2.70. The Labute approximate surface area is 152 Å². The predicted molar refractivity (Wildman–Crippen MR) is 99.2 cm³/mol. The summed E-state index contributed by atoms with van der Waals surface area (Å²) in [6.07, 6.45) is 0. The number of methoxy groups -OCH3 is 1. The molecule has 26 heavy (non-hydrogen) atoms. The molecule has 2 aromatic rings. The molecule has 0 aliphatic heterocycles. The number of nitrogens with zero attached hydrogens (tertiary/aromatic N) is 1. The lowest BCUT2D eigenvalue weighted by atomic mass is 10.1. The van der Waals surface area contributed by atoms with Crippen molar-refractivity contribution >= 4 is 0 Å². The molecule has 0 amide bonds. The van der Waals surface area contributed by atoms with Gasteiger partial charge in [-0.1, -0.05) is 19.9 Å². The van der Waals surface area contributed by atoms with E-state index in [9.17, 15) is 9.59 Å². The van der Waals surface area contributed by atoms with Crippen LogP contribution >= 0.6 is 0 Å². The van der Waals surface area contributed by atoms with E-state index < -0.39 is 11.2 Å². The van der Waals surface area contributed by atoms with Gasteiger partial charge in [0.2, 0.25) is 5.88 Å². The average Bonchev–Trinajstić information content (AvgIpc) is 2.52. The van der Waals surface area contributed by atoms with Crippen LogP contribution in [-0.2, 0) is 16.2 Å². The topological polar surface area (TPSA) is 82.6 Å². The largest absolute Gasteiger partial charge is 0.440 e. The second kappa shape index (κ2) is 8.82. The molecular weight excluding hydrogens is 336 g/mol. The van der Waals surface area contributed by atoms with Crippen molar-refractivity contribution in [2.45, 2.75) is 40.3 Å². The first-order valence-corrected chi connectivity index (χ1v) is 8.53. The molecule has 0 bridgehead atoms. The molecule has 2 rings (SSSR count). The van der Waals surface area contributed by atoms with Crippen LogP contribution in [0.25, 0.3) is 0 Å². The van der Waals surface area contributed by atoms with Gasteiger partial charge in [-0.2, -0.15) is 0 Å². The van der Waals surface area contributed by atoms with E-state index in [1.165, 1.54) is 4.57 Å². The highest BCUT2D eigenvalue weighted by Crippen LogP contribution is 2.28. The molecule has 7 heteroatoms. The normalized spacial score (nSPS) is 11.2. The van der Waals surface area contributed by atoms with Gasteiger partial charge in [0, 0.05) is 7.11 Å². The zero-order valence-corrected chi connectivity index (χ0v) is 15.9. The number of hydrogen-bond donors (Lipinski definition) is 1. The monoisotopic (exact) mass is 362 g/mol. The summed E-state index contributed by atoms with van der Waals surface area (Å²) < 4.78 is 17.7. The smallest absolute Gasteiger partial charge is 0.333 e. The second-order valence-corrected chi connectivity index (χ2v) is 6.52. The molecule has 0 radical (unpaired) electrons. The van der Waals surface area contributed by atoms with Crippen LogP contribution in [0, 0.1) is 13.8 Å². The van der Waals surface area contributed by atoms with Gasteiger partial charge in [-0.15, -0.1) is 0 Å². The third kappa shape index (κ3) is 4.83. The zero-order valence-electron chi connectivity index (χ0n) is 15.9. The molecule has 0 fully saturated rings. The van der Waals surface area contributed by atoms with Gasteiger partial charge in [0.1, 0.15) is 12.5 Å². The van der Waals surface area contributed by atoms with E-state index >= 15 is 0 Å². The molecule has 0 saturated heterocycles. The van der Waals surface area contributed by atoms with Crippen molar-refractivity contribution in [3.05, 3.63) is 55.7 Å². The van der Waals surface area contributed by atoms with Gasteiger partial charge in [-0.05, 0) is 43.0 Å². The van der Waals surface area contributed by atoms with E-state index in [-0.39, 0.29) is 18.5 Å². The summed E-state index contributed by atoms with van der Waals surface area (Å²) in [5.41, 5.74) is 1.44. The average molecular weight is 362 g/mol. The summed E-state index contributed by atoms with van der Waals surface area (Å²) in [5, 5.41) is 0. The highest BCUT2D eigenvalue weighted by molar-refractivity contribution is 5.38. The standard InChI is InChI=1S/C19H26N2O5/c1-12(2)16-17(22)20-19(23)21(11-25-7-6-24-5)18(16)26-15-9-13(3)8-14(4)10-15/h8-10,12H,6-7,11H2,1-5H3,(H,20,22,23). The minimum absolute atomic E-state index is 0.0428. The first kappa shape index (κ1) is 19.9. The molecule has 1 N–H and O–H groups in total. The van der Waals surface area contributed by atoms with Crippen molar-refractivity contribution in [3.8, 4) is 11.6 Å². The van der Waals surface area contributed by atoms with Crippen LogP contribution in [0.4, 0.5) is 0 Å². The Kier molecular flexibility index (Phi) is 6.76. The number of H-pyrrole nitrogens is 1. The Hall–Kier alpha value is -2.38. The number of aryl methyl sites for hydroxylation is 2. The van der Waals surface area contributed by atoms with Crippen LogP contribution in [0.1, 0.15) is 36.5 Å². The van der Waals surface area contributed by atoms with Gasteiger partial charge in [-0.3, -0.25) is 9.78 Å². The summed E-state index contributed by atoms with van der Waals surface area (Å²) in [6, 6.07) is 5.74. The van der Waals surface area contributed by atoms with Crippen LogP contribution in [0.5, 0.6) is 11.6 Å². The molecule has 7 nitrogen and oxygen atoms in total. The SMILES string of the molecule is COCCOCn1c(Oc2cc(C)cc(C)c2)c(C(C)C)c(=O)[nH]c1=O. The molecule has 1 aromatic heterocycles. The van der Waals surface area contributed by atoms with E-state index in [0.717, 1.165) is 11.1 Å². The van der Waals surface area contributed by atoms with Crippen LogP contribution in [-0.4, -0.2) is 29.9 Å². The van der Waals surface area contributed by atoms with E-state index in [0.29, 0.717) is 24.5 Å². The third-order valence-corrected chi connectivity index (χ3v) is 3.83. The van der Waals surface area contributed by atoms with E-state index in [1.807, 2.05) is 45.9 Å². The summed E-state index contributed by atoms with van der Waals surface area (Å²) in [5.74, 6) is 0.640. The molecule has 0 unspecified atom stereocenters. The molecule has 0 spiro atoms. The van der Waals surface area contributed by atoms with Gasteiger partial charge in [0.15, 0.2) is 0 Å². The van der Waals surface area contributed by atoms with E-state index in [1.54, 1.807) is 7.11 Å².